The van der Waals surface area contributed by atoms with E-state index in [0.29, 0.717) is 5.41 Å². The summed E-state index contributed by atoms with van der Waals surface area (Å²) in [4.78, 5) is 0. The number of fused-ring (bicyclic) bond motifs is 5. The third-order valence-electron chi connectivity index (χ3n) is 9.57. The third kappa shape index (κ3) is 2.14. The highest BCUT2D eigenvalue weighted by Crippen LogP contribution is 2.68. The van der Waals surface area contributed by atoms with Gasteiger partial charge in [0, 0.05) is 0 Å². The zero-order valence-corrected chi connectivity index (χ0v) is 15.7. The van der Waals surface area contributed by atoms with Gasteiger partial charge >= 0.3 is 0 Å². The molecule has 1 heteroatoms. The molecule has 4 fully saturated rings. The molecule has 0 aliphatic heterocycles. The van der Waals surface area contributed by atoms with E-state index in [1.807, 2.05) is 0 Å². The lowest BCUT2D eigenvalue weighted by Gasteiger charge is -2.61. The Hall–Kier alpha value is -0.0400. The van der Waals surface area contributed by atoms with Gasteiger partial charge < -0.3 is 5.11 Å². The van der Waals surface area contributed by atoms with E-state index in [9.17, 15) is 5.11 Å². The topological polar surface area (TPSA) is 20.2 Å². The van der Waals surface area contributed by atoms with Crippen molar-refractivity contribution in [2.75, 3.05) is 0 Å². The van der Waals surface area contributed by atoms with Crippen LogP contribution in [0.4, 0.5) is 0 Å². The van der Waals surface area contributed by atoms with Crippen LogP contribution < -0.4 is 0 Å². The van der Waals surface area contributed by atoms with Crippen LogP contribution in [0.1, 0.15) is 97.8 Å². The van der Waals surface area contributed by atoms with Crippen molar-refractivity contribution in [3.63, 3.8) is 0 Å². The highest BCUT2D eigenvalue weighted by Gasteiger charge is 2.63. The van der Waals surface area contributed by atoms with Gasteiger partial charge in [-0.2, -0.15) is 0 Å². The first kappa shape index (κ1) is 16.4. The van der Waals surface area contributed by atoms with E-state index < -0.39 is 0 Å². The maximum absolute atomic E-state index is 11.4. The van der Waals surface area contributed by atoms with Crippen molar-refractivity contribution in [1.29, 1.82) is 0 Å². The number of hydrogen-bond acceptors (Lipinski definition) is 1. The predicted octanol–water partition coefficient (Wildman–Crippen LogP) is 5.95. The lowest BCUT2D eigenvalue weighted by molar-refractivity contribution is -0.153. The molecule has 0 aromatic rings. The second-order valence-corrected chi connectivity index (χ2v) is 10.2. The molecule has 4 rings (SSSR count). The van der Waals surface area contributed by atoms with Crippen LogP contribution in [-0.2, 0) is 0 Å². The van der Waals surface area contributed by atoms with E-state index in [2.05, 4.69) is 20.8 Å². The Labute approximate surface area is 143 Å². The second-order valence-electron chi connectivity index (χ2n) is 10.2. The largest absolute Gasteiger partial charge is 0.389 e. The van der Waals surface area contributed by atoms with Crippen LogP contribution in [-0.4, -0.2) is 10.7 Å². The van der Waals surface area contributed by atoms with Gasteiger partial charge in [0.1, 0.15) is 0 Å². The number of rotatable bonds is 2. The van der Waals surface area contributed by atoms with Gasteiger partial charge in [0.25, 0.3) is 0 Å². The first-order valence-corrected chi connectivity index (χ1v) is 10.7. The zero-order valence-electron chi connectivity index (χ0n) is 15.7. The van der Waals surface area contributed by atoms with Gasteiger partial charge in [0.2, 0.25) is 0 Å². The summed E-state index contributed by atoms with van der Waals surface area (Å²) in [6, 6.07) is 0. The summed E-state index contributed by atoms with van der Waals surface area (Å²) in [5.41, 5.74) is 0.484. The van der Waals surface area contributed by atoms with Crippen molar-refractivity contribution < 1.29 is 5.11 Å². The summed E-state index contributed by atoms with van der Waals surface area (Å²) >= 11 is 0. The summed E-state index contributed by atoms with van der Waals surface area (Å²) in [5, 5.41) is 11.4. The van der Waals surface area contributed by atoms with E-state index in [4.69, 9.17) is 0 Å². The maximum atomic E-state index is 11.4. The molecule has 0 spiro atoms. The molecule has 0 amide bonds. The van der Waals surface area contributed by atoms with Gasteiger partial charge in [-0.25, -0.2) is 0 Å². The molecule has 0 heterocycles. The predicted molar refractivity (Wildman–Crippen MR) is 96.2 cm³/mol. The Bertz CT molecular complexity index is 459. The highest BCUT2D eigenvalue weighted by atomic mass is 16.3. The van der Waals surface area contributed by atoms with Gasteiger partial charge in [-0.3, -0.25) is 0 Å². The standard InChI is InChI=1S/C22H38O/c1-4-12-22(23)15-11-19-17-9-8-16-7-5-6-13-20(16,2)18(17)10-14-21(19,22)3/h16-19,23H,4-15H2,1-3H3/t16-,17+,18+,19+,20+,21+,22+/m1/s1. The fourth-order valence-electron chi connectivity index (χ4n) is 8.23. The molecule has 4 aliphatic carbocycles. The molecular formula is C22H38O. The molecule has 4 saturated carbocycles. The van der Waals surface area contributed by atoms with Crippen LogP contribution in [0.2, 0.25) is 0 Å². The molecule has 0 aromatic heterocycles. The quantitative estimate of drug-likeness (QED) is 0.667. The summed E-state index contributed by atoms with van der Waals surface area (Å²) in [7, 11) is 0. The Balaban J connectivity index is 1.63. The smallest absolute Gasteiger partial charge is 0.0703 e. The average Bonchev–Trinajstić information content (AvgIpc) is 2.79. The van der Waals surface area contributed by atoms with Crippen LogP contribution in [0.15, 0.2) is 0 Å². The fourth-order valence-corrected chi connectivity index (χ4v) is 8.23. The lowest BCUT2D eigenvalue weighted by atomic mass is 9.44. The van der Waals surface area contributed by atoms with Crippen molar-refractivity contribution in [2.24, 2.45) is 34.5 Å². The second kappa shape index (κ2) is 5.48. The number of aliphatic hydroxyl groups is 1. The molecule has 0 radical (unpaired) electrons. The van der Waals surface area contributed by atoms with Crippen molar-refractivity contribution in [1.82, 2.24) is 0 Å². The third-order valence-corrected chi connectivity index (χ3v) is 9.57. The number of hydrogen-bond donors (Lipinski definition) is 1. The molecule has 132 valence electrons. The Morgan fingerprint density at radius 3 is 2.43 bits per heavy atom. The Morgan fingerprint density at radius 1 is 0.870 bits per heavy atom. The molecule has 1 nitrogen and oxygen atoms in total. The maximum Gasteiger partial charge on any atom is 0.0703 e. The zero-order chi connectivity index (χ0) is 16.3. The fraction of sp³-hybridized carbons (Fsp3) is 1.00. The van der Waals surface area contributed by atoms with Gasteiger partial charge in [-0.15, -0.1) is 0 Å². The van der Waals surface area contributed by atoms with Gasteiger partial charge in [0.05, 0.1) is 5.60 Å². The minimum absolute atomic E-state index is 0.210. The molecule has 1 N–H and O–H groups in total. The first-order chi connectivity index (χ1) is 10.9. The summed E-state index contributed by atoms with van der Waals surface area (Å²) in [5.74, 6) is 3.69. The lowest BCUT2D eigenvalue weighted by Crippen LogP contribution is -2.56. The molecule has 0 bridgehead atoms. The summed E-state index contributed by atoms with van der Waals surface area (Å²) < 4.78 is 0. The minimum Gasteiger partial charge on any atom is -0.389 e. The normalized spacial score (nSPS) is 55.8. The van der Waals surface area contributed by atoms with Crippen molar-refractivity contribution in [2.45, 2.75) is 103 Å². The highest BCUT2D eigenvalue weighted by molar-refractivity contribution is 5.13. The molecule has 0 saturated heterocycles. The molecular weight excluding hydrogens is 280 g/mol. The Kier molecular flexibility index (Phi) is 3.91. The van der Waals surface area contributed by atoms with Crippen molar-refractivity contribution in [3.8, 4) is 0 Å². The van der Waals surface area contributed by atoms with Crippen LogP contribution >= 0.6 is 0 Å². The monoisotopic (exact) mass is 318 g/mol. The van der Waals surface area contributed by atoms with E-state index in [-0.39, 0.29) is 11.0 Å². The van der Waals surface area contributed by atoms with Crippen LogP contribution in [0.3, 0.4) is 0 Å². The van der Waals surface area contributed by atoms with Crippen LogP contribution in [0.25, 0.3) is 0 Å². The van der Waals surface area contributed by atoms with E-state index in [1.165, 1.54) is 57.8 Å². The summed E-state index contributed by atoms with van der Waals surface area (Å²) in [6.07, 6.45) is 16.1. The van der Waals surface area contributed by atoms with Crippen molar-refractivity contribution in [3.05, 3.63) is 0 Å². The molecule has 23 heavy (non-hydrogen) atoms. The Morgan fingerprint density at radius 2 is 1.65 bits per heavy atom. The minimum atomic E-state index is -0.359. The summed E-state index contributed by atoms with van der Waals surface area (Å²) in [6.45, 7) is 7.36. The molecule has 4 aliphatic rings. The van der Waals surface area contributed by atoms with Crippen LogP contribution in [0, 0.1) is 34.5 Å². The van der Waals surface area contributed by atoms with Crippen molar-refractivity contribution >= 4 is 0 Å². The molecule has 0 unspecified atom stereocenters. The van der Waals surface area contributed by atoms with Gasteiger partial charge in [0.15, 0.2) is 0 Å². The van der Waals surface area contributed by atoms with E-state index in [1.54, 1.807) is 0 Å². The first-order valence-electron chi connectivity index (χ1n) is 10.7. The van der Waals surface area contributed by atoms with E-state index >= 15 is 0 Å². The van der Waals surface area contributed by atoms with Gasteiger partial charge in [-0.1, -0.05) is 40.0 Å². The van der Waals surface area contributed by atoms with Gasteiger partial charge in [-0.05, 0) is 92.3 Å². The molecule has 0 aromatic carbocycles. The SMILES string of the molecule is CCC[C@]1(O)CC[C@H]2[C@H]3CC[C@H]4CCCC[C@]4(C)[C@H]3CC[C@@]21C. The van der Waals surface area contributed by atoms with Crippen LogP contribution in [0.5, 0.6) is 0 Å². The molecule has 7 atom stereocenters. The average molecular weight is 319 g/mol. The van der Waals surface area contributed by atoms with E-state index in [0.717, 1.165) is 42.9 Å².